The summed E-state index contributed by atoms with van der Waals surface area (Å²) in [5.74, 6) is -3.58. The number of carbonyl (C=O) groups is 4. The first-order valence-corrected chi connectivity index (χ1v) is 14.5. The van der Waals surface area contributed by atoms with Gasteiger partial charge >= 0.3 is 11.9 Å². The van der Waals surface area contributed by atoms with Crippen molar-refractivity contribution >= 4 is 35.4 Å². The maximum atomic E-state index is 12.6. The van der Waals surface area contributed by atoms with Crippen LogP contribution in [0.5, 0.6) is 0 Å². The molecule has 1 aliphatic carbocycles. The number of unbranched alkanes of at least 4 members (excludes halogenated alkanes) is 5. The smallest absolute Gasteiger partial charge is 0.375 e. The van der Waals surface area contributed by atoms with Crippen molar-refractivity contribution in [3.8, 4) is 11.1 Å². The Labute approximate surface area is 228 Å². The molecule has 38 heavy (non-hydrogen) atoms. The zero-order chi connectivity index (χ0) is 27.3. The SMILES string of the molecule is CCCCCCCCOC(=O)C(=O)CSCC(CC(=O)OCC1c2ccccc2-c2ccccc21)C(N)=O. The van der Waals surface area contributed by atoms with Crippen molar-refractivity contribution in [2.24, 2.45) is 11.7 Å². The standard InChI is InChI=1S/C30H37NO6S/c1-2-3-4-5-6-11-16-36-30(35)27(32)20-38-19-21(29(31)34)17-28(33)37-18-26-24-14-9-7-12-22(24)23-13-8-10-15-25(23)26/h7-10,12-15,21,26H,2-6,11,16-20H2,1H3,(H2,31,34). The molecular weight excluding hydrogens is 502 g/mol. The zero-order valence-corrected chi connectivity index (χ0v) is 22.8. The molecule has 0 aromatic heterocycles. The van der Waals surface area contributed by atoms with E-state index in [-0.39, 0.29) is 37.1 Å². The molecule has 2 aromatic carbocycles. The molecule has 1 unspecified atom stereocenters. The second-order valence-electron chi connectivity index (χ2n) is 9.56. The van der Waals surface area contributed by atoms with E-state index in [1.807, 2.05) is 36.4 Å². The minimum atomic E-state index is -0.863. The first kappa shape index (κ1) is 29.4. The second-order valence-corrected chi connectivity index (χ2v) is 10.6. The molecule has 0 bridgehead atoms. The minimum absolute atomic E-state index is 0.0762. The van der Waals surface area contributed by atoms with Gasteiger partial charge in [-0.15, -0.1) is 0 Å². The van der Waals surface area contributed by atoms with Gasteiger partial charge in [-0.05, 0) is 28.7 Å². The predicted octanol–water partition coefficient (Wildman–Crippen LogP) is 5.04. The lowest BCUT2D eigenvalue weighted by Crippen LogP contribution is -2.29. The van der Waals surface area contributed by atoms with Gasteiger partial charge in [-0.2, -0.15) is 11.8 Å². The molecule has 3 rings (SSSR count). The monoisotopic (exact) mass is 539 g/mol. The van der Waals surface area contributed by atoms with E-state index >= 15 is 0 Å². The van der Waals surface area contributed by atoms with E-state index < -0.39 is 29.5 Å². The van der Waals surface area contributed by atoms with Crippen molar-refractivity contribution in [2.75, 3.05) is 24.7 Å². The van der Waals surface area contributed by atoms with Gasteiger partial charge in [-0.25, -0.2) is 4.79 Å². The molecule has 0 radical (unpaired) electrons. The Hall–Kier alpha value is -3.13. The van der Waals surface area contributed by atoms with Gasteiger partial charge in [-0.1, -0.05) is 87.6 Å². The first-order valence-electron chi connectivity index (χ1n) is 13.3. The summed E-state index contributed by atoms with van der Waals surface area (Å²) < 4.78 is 10.6. The van der Waals surface area contributed by atoms with E-state index in [0.29, 0.717) is 0 Å². The number of esters is 2. The Balaban J connectivity index is 1.40. The van der Waals surface area contributed by atoms with Gasteiger partial charge in [0.2, 0.25) is 11.7 Å². The van der Waals surface area contributed by atoms with Gasteiger partial charge in [0.05, 0.1) is 24.7 Å². The van der Waals surface area contributed by atoms with Crippen LogP contribution in [0.2, 0.25) is 0 Å². The number of nitrogens with two attached hydrogens (primary N) is 1. The number of ketones is 1. The molecule has 1 aliphatic rings. The molecule has 8 heteroatoms. The number of ether oxygens (including phenoxy) is 2. The van der Waals surface area contributed by atoms with Crippen molar-refractivity contribution < 1.29 is 28.7 Å². The van der Waals surface area contributed by atoms with Crippen LogP contribution in [0.4, 0.5) is 0 Å². The van der Waals surface area contributed by atoms with Gasteiger partial charge in [0.1, 0.15) is 6.61 Å². The maximum Gasteiger partial charge on any atom is 0.375 e. The average molecular weight is 540 g/mol. The third-order valence-electron chi connectivity index (χ3n) is 6.70. The lowest BCUT2D eigenvalue weighted by molar-refractivity contribution is -0.152. The van der Waals surface area contributed by atoms with Crippen LogP contribution in [0.1, 0.15) is 68.9 Å². The summed E-state index contributed by atoms with van der Waals surface area (Å²) >= 11 is 1.09. The second kappa shape index (κ2) is 15.3. The van der Waals surface area contributed by atoms with Crippen LogP contribution in [0.25, 0.3) is 11.1 Å². The highest BCUT2D eigenvalue weighted by Crippen LogP contribution is 2.44. The Bertz CT molecular complexity index is 1070. The van der Waals surface area contributed by atoms with Crippen LogP contribution >= 0.6 is 11.8 Å². The molecule has 7 nitrogen and oxygen atoms in total. The molecule has 0 saturated heterocycles. The van der Waals surface area contributed by atoms with Crippen LogP contribution in [0.15, 0.2) is 48.5 Å². The number of carbonyl (C=O) groups excluding carboxylic acids is 4. The fraction of sp³-hybridized carbons (Fsp3) is 0.467. The van der Waals surface area contributed by atoms with Gasteiger partial charge in [0.25, 0.3) is 0 Å². The van der Waals surface area contributed by atoms with Crippen LogP contribution < -0.4 is 5.73 Å². The summed E-state index contributed by atoms with van der Waals surface area (Å²) in [5, 5.41) is 0. The fourth-order valence-corrected chi connectivity index (χ4v) is 5.59. The summed E-state index contributed by atoms with van der Waals surface area (Å²) in [7, 11) is 0. The van der Waals surface area contributed by atoms with Gasteiger partial charge in [0, 0.05) is 11.7 Å². The first-order chi connectivity index (χ1) is 18.4. The number of thioether (sulfide) groups is 1. The van der Waals surface area contributed by atoms with Crippen LogP contribution in [0, 0.1) is 5.92 Å². The Morgan fingerprint density at radius 2 is 1.47 bits per heavy atom. The third kappa shape index (κ3) is 8.45. The fourth-order valence-electron chi connectivity index (χ4n) is 4.60. The molecule has 0 fully saturated rings. The molecule has 204 valence electrons. The number of Topliss-reactive ketones (excluding diaryl/α,β-unsaturated/α-hetero) is 1. The zero-order valence-electron chi connectivity index (χ0n) is 22.0. The Morgan fingerprint density at radius 3 is 2.11 bits per heavy atom. The summed E-state index contributed by atoms with van der Waals surface area (Å²) in [4.78, 5) is 48.5. The van der Waals surface area contributed by atoms with E-state index in [0.717, 1.165) is 59.7 Å². The molecule has 1 amide bonds. The van der Waals surface area contributed by atoms with Crippen molar-refractivity contribution in [1.82, 2.24) is 0 Å². The van der Waals surface area contributed by atoms with Crippen molar-refractivity contribution in [2.45, 2.75) is 57.8 Å². The van der Waals surface area contributed by atoms with E-state index in [1.165, 1.54) is 12.8 Å². The van der Waals surface area contributed by atoms with Crippen molar-refractivity contribution in [1.29, 1.82) is 0 Å². The van der Waals surface area contributed by atoms with Gasteiger partial charge in [-0.3, -0.25) is 14.4 Å². The highest BCUT2D eigenvalue weighted by molar-refractivity contribution is 8.00. The number of fused-ring (bicyclic) bond motifs is 3. The number of benzene rings is 2. The third-order valence-corrected chi connectivity index (χ3v) is 7.80. The summed E-state index contributed by atoms with van der Waals surface area (Å²) in [6.07, 6.45) is 6.14. The number of hydrogen-bond donors (Lipinski definition) is 1. The quantitative estimate of drug-likeness (QED) is 0.170. The van der Waals surface area contributed by atoms with E-state index in [2.05, 4.69) is 19.1 Å². The number of primary amides is 1. The molecule has 0 spiro atoms. The highest BCUT2D eigenvalue weighted by Gasteiger charge is 2.30. The molecule has 2 aromatic rings. The highest BCUT2D eigenvalue weighted by atomic mass is 32.2. The lowest BCUT2D eigenvalue weighted by atomic mass is 9.98. The maximum absolute atomic E-state index is 12.6. The van der Waals surface area contributed by atoms with Crippen LogP contribution in [-0.2, 0) is 28.7 Å². The Kier molecular flexibility index (Phi) is 11.9. The van der Waals surface area contributed by atoms with Crippen LogP contribution in [-0.4, -0.2) is 48.3 Å². The number of rotatable bonds is 17. The normalized spacial score (nSPS) is 12.9. The summed E-state index contributed by atoms with van der Waals surface area (Å²) in [5.41, 5.74) is 9.96. The molecule has 0 aliphatic heterocycles. The molecule has 1 atom stereocenters. The minimum Gasteiger partial charge on any atom is -0.465 e. The van der Waals surface area contributed by atoms with Gasteiger partial charge < -0.3 is 15.2 Å². The number of amides is 1. The number of hydrogen-bond acceptors (Lipinski definition) is 7. The molecule has 0 saturated carbocycles. The van der Waals surface area contributed by atoms with Crippen molar-refractivity contribution in [3.63, 3.8) is 0 Å². The largest absolute Gasteiger partial charge is 0.465 e. The Morgan fingerprint density at radius 1 is 0.868 bits per heavy atom. The predicted molar refractivity (Wildman–Crippen MR) is 149 cm³/mol. The van der Waals surface area contributed by atoms with E-state index in [9.17, 15) is 19.2 Å². The molecular formula is C30H37NO6S. The van der Waals surface area contributed by atoms with E-state index in [1.54, 1.807) is 0 Å². The van der Waals surface area contributed by atoms with E-state index in [4.69, 9.17) is 15.2 Å². The van der Waals surface area contributed by atoms with Crippen molar-refractivity contribution in [3.05, 3.63) is 59.7 Å². The molecule has 0 heterocycles. The lowest BCUT2D eigenvalue weighted by Gasteiger charge is -2.16. The summed E-state index contributed by atoms with van der Waals surface area (Å²) in [6.45, 7) is 2.54. The topological polar surface area (TPSA) is 113 Å². The summed E-state index contributed by atoms with van der Waals surface area (Å²) in [6, 6.07) is 16.1. The van der Waals surface area contributed by atoms with Crippen LogP contribution in [0.3, 0.4) is 0 Å². The van der Waals surface area contributed by atoms with Gasteiger partial charge in [0.15, 0.2) is 0 Å². The average Bonchev–Trinajstić information content (AvgIpc) is 3.24. The molecule has 2 N–H and O–H groups in total.